The Morgan fingerprint density at radius 1 is 0.903 bits per heavy atom. The maximum atomic E-state index is 10.4. The number of benzene rings is 3. The molecule has 0 spiro atoms. The molecule has 0 radical (unpaired) electrons. The average Bonchev–Trinajstić information content (AvgIpc) is 2.76. The largest absolute Gasteiger partial charge is 0.489 e. The van der Waals surface area contributed by atoms with E-state index in [1.54, 1.807) is 0 Å². The van der Waals surface area contributed by atoms with Crippen molar-refractivity contribution in [2.45, 2.75) is 32.8 Å². The molecule has 5 nitrogen and oxygen atoms in total. The van der Waals surface area contributed by atoms with Gasteiger partial charge in [0.25, 0.3) is 0 Å². The minimum absolute atomic E-state index is 0.147. The average molecular weight is 418 g/mol. The molecule has 31 heavy (non-hydrogen) atoms. The molecule has 0 fully saturated rings. The van der Waals surface area contributed by atoms with Gasteiger partial charge in [0, 0.05) is 0 Å². The molecule has 0 atom stereocenters. The van der Waals surface area contributed by atoms with Crippen molar-refractivity contribution in [2.24, 2.45) is 5.16 Å². The van der Waals surface area contributed by atoms with E-state index in [2.05, 4.69) is 55.0 Å². The SMILES string of the molecule is CC(C)(C)c1ccc(COc2ccc(-c3ccc(C=NOCC(=O)O)cc3)cc2)cc1. The fraction of sp³-hybridized carbons (Fsp3) is 0.231. The summed E-state index contributed by atoms with van der Waals surface area (Å²) in [6.45, 7) is 6.70. The van der Waals surface area contributed by atoms with Crippen molar-refractivity contribution in [3.05, 3.63) is 89.5 Å². The monoisotopic (exact) mass is 417 g/mol. The summed E-state index contributed by atoms with van der Waals surface area (Å²) in [5.74, 6) is -0.235. The fourth-order valence-corrected chi connectivity index (χ4v) is 2.96. The van der Waals surface area contributed by atoms with E-state index in [0.717, 1.165) is 28.0 Å². The number of carboxylic acids is 1. The molecule has 0 saturated carbocycles. The van der Waals surface area contributed by atoms with E-state index in [0.29, 0.717) is 6.61 Å². The van der Waals surface area contributed by atoms with Gasteiger partial charge in [0.05, 0.1) is 6.21 Å². The minimum Gasteiger partial charge on any atom is -0.489 e. The lowest BCUT2D eigenvalue weighted by Crippen LogP contribution is -2.10. The van der Waals surface area contributed by atoms with Gasteiger partial charge in [-0.25, -0.2) is 4.79 Å². The summed E-state index contributed by atoms with van der Waals surface area (Å²) in [6.07, 6.45) is 1.48. The summed E-state index contributed by atoms with van der Waals surface area (Å²) in [6, 6.07) is 24.3. The Labute approximate surface area is 182 Å². The van der Waals surface area contributed by atoms with Crippen LogP contribution in [0.15, 0.2) is 78.0 Å². The van der Waals surface area contributed by atoms with Gasteiger partial charge in [0.1, 0.15) is 12.4 Å². The molecule has 0 aliphatic heterocycles. The van der Waals surface area contributed by atoms with E-state index in [1.165, 1.54) is 11.8 Å². The van der Waals surface area contributed by atoms with Gasteiger partial charge >= 0.3 is 5.97 Å². The van der Waals surface area contributed by atoms with Crippen LogP contribution in [-0.2, 0) is 21.7 Å². The van der Waals surface area contributed by atoms with Gasteiger partial charge in [0.15, 0.2) is 0 Å². The third-order valence-electron chi connectivity index (χ3n) is 4.79. The lowest BCUT2D eigenvalue weighted by atomic mass is 9.87. The summed E-state index contributed by atoms with van der Waals surface area (Å²) in [5, 5.41) is 12.1. The van der Waals surface area contributed by atoms with Crippen molar-refractivity contribution in [2.75, 3.05) is 6.61 Å². The maximum absolute atomic E-state index is 10.4. The Bertz CT molecular complexity index is 1020. The molecule has 3 aromatic carbocycles. The zero-order valence-corrected chi connectivity index (χ0v) is 18.0. The van der Waals surface area contributed by atoms with Crippen molar-refractivity contribution < 1.29 is 19.5 Å². The van der Waals surface area contributed by atoms with Gasteiger partial charge in [-0.15, -0.1) is 0 Å². The van der Waals surface area contributed by atoms with E-state index in [1.807, 2.05) is 48.5 Å². The minimum atomic E-state index is -1.06. The first-order valence-electron chi connectivity index (χ1n) is 10.1. The third-order valence-corrected chi connectivity index (χ3v) is 4.79. The molecule has 1 N–H and O–H groups in total. The number of aliphatic carboxylic acids is 1. The second-order valence-electron chi connectivity index (χ2n) is 8.28. The first-order chi connectivity index (χ1) is 14.8. The predicted molar refractivity (Wildman–Crippen MR) is 123 cm³/mol. The zero-order valence-electron chi connectivity index (χ0n) is 18.0. The Balaban J connectivity index is 1.55. The van der Waals surface area contributed by atoms with Crippen LogP contribution in [0.5, 0.6) is 5.75 Å². The highest BCUT2D eigenvalue weighted by Gasteiger charge is 2.12. The maximum Gasteiger partial charge on any atom is 0.344 e. The van der Waals surface area contributed by atoms with Crippen LogP contribution in [0.3, 0.4) is 0 Å². The molecule has 0 unspecified atom stereocenters. The van der Waals surface area contributed by atoms with E-state index < -0.39 is 12.6 Å². The number of hydrogen-bond acceptors (Lipinski definition) is 4. The highest BCUT2D eigenvalue weighted by atomic mass is 16.6. The first kappa shape index (κ1) is 22.1. The summed E-state index contributed by atoms with van der Waals surface area (Å²) in [5.41, 5.74) is 5.56. The van der Waals surface area contributed by atoms with Crippen molar-refractivity contribution >= 4 is 12.2 Å². The summed E-state index contributed by atoms with van der Waals surface area (Å²) in [4.78, 5) is 15.0. The summed E-state index contributed by atoms with van der Waals surface area (Å²) >= 11 is 0. The lowest BCUT2D eigenvalue weighted by molar-refractivity contribution is -0.142. The van der Waals surface area contributed by atoms with Gasteiger partial charge < -0.3 is 14.7 Å². The number of hydrogen-bond donors (Lipinski definition) is 1. The van der Waals surface area contributed by atoms with E-state index in [4.69, 9.17) is 9.84 Å². The van der Waals surface area contributed by atoms with Crippen LogP contribution < -0.4 is 4.74 Å². The Kier molecular flexibility index (Phi) is 7.08. The molecule has 3 aromatic rings. The van der Waals surface area contributed by atoms with Crippen molar-refractivity contribution in [3.8, 4) is 16.9 Å². The normalized spacial score (nSPS) is 11.5. The topological polar surface area (TPSA) is 68.1 Å². The van der Waals surface area contributed by atoms with Crippen LogP contribution >= 0.6 is 0 Å². The highest BCUT2D eigenvalue weighted by molar-refractivity contribution is 5.80. The quantitative estimate of drug-likeness (QED) is 0.379. The molecule has 0 aliphatic carbocycles. The molecular weight excluding hydrogens is 390 g/mol. The van der Waals surface area contributed by atoms with E-state index in [-0.39, 0.29) is 5.41 Å². The van der Waals surface area contributed by atoms with Crippen molar-refractivity contribution in [3.63, 3.8) is 0 Å². The molecule has 3 rings (SSSR count). The Morgan fingerprint density at radius 3 is 2.03 bits per heavy atom. The van der Waals surface area contributed by atoms with Crippen LogP contribution in [0.25, 0.3) is 11.1 Å². The number of ether oxygens (including phenoxy) is 1. The molecule has 5 heteroatoms. The lowest BCUT2D eigenvalue weighted by Gasteiger charge is -2.19. The first-order valence-corrected chi connectivity index (χ1v) is 10.1. The van der Waals surface area contributed by atoms with Crippen LogP contribution in [-0.4, -0.2) is 23.9 Å². The van der Waals surface area contributed by atoms with Crippen LogP contribution in [0, 0.1) is 0 Å². The molecule has 0 aliphatic rings. The number of rotatable bonds is 8. The molecule has 0 amide bonds. The summed E-state index contributed by atoms with van der Waals surface area (Å²) < 4.78 is 5.93. The second kappa shape index (κ2) is 9.94. The molecule has 0 saturated heterocycles. The van der Waals surface area contributed by atoms with Crippen molar-refractivity contribution in [1.29, 1.82) is 0 Å². The van der Waals surface area contributed by atoms with Gasteiger partial charge in [-0.05, 0) is 45.4 Å². The van der Waals surface area contributed by atoms with Gasteiger partial charge in [-0.2, -0.15) is 0 Å². The second-order valence-corrected chi connectivity index (χ2v) is 8.28. The van der Waals surface area contributed by atoms with Gasteiger partial charge in [-0.3, -0.25) is 0 Å². The number of nitrogens with zero attached hydrogens (tertiary/aromatic N) is 1. The Hall–Kier alpha value is -3.60. The van der Waals surface area contributed by atoms with Crippen LogP contribution in [0.1, 0.15) is 37.5 Å². The van der Waals surface area contributed by atoms with Crippen LogP contribution in [0.2, 0.25) is 0 Å². The Morgan fingerprint density at radius 2 is 1.48 bits per heavy atom. The van der Waals surface area contributed by atoms with E-state index >= 15 is 0 Å². The smallest absolute Gasteiger partial charge is 0.344 e. The van der Waals surface area contributed by atoms with Gasteiger partial charge in [0.2, 0.25) is 6.61 Å². The van der Waals surface area contributed by atoms with Crippen LogP contribution in [0.4, 0.5) is 0 Å². The number of carboxylic acid groups (broad SMARTS) is 1. The zero-order chi connectivity index (χ0) is 22.3. The molecule has 0 heterocycles. The molecule has 160 valence electrons. The number of carbonyl (C=O) groups is 1. The predicted octanol–water partition coefficient (Wildman–Crippen LogP) is 5.67. The highest BCUT2D eigenvalue weighted by Crippen LogP contribution is 2.24. The number of oxime groups is 1. The molecule has 0 bridgehead atoms. The van der Waals surface area contributed by atoms with Crippen molar-refractivity contribution in [1.82, 2.24) is 0 Å². The molecule has 0 aromatic heterocycles. The summed E-state index contributed by atoms with van der Waals surface area (Å²) in [7, 11) is 0. The third kappa shape index (κ3) is 6.71. The van der Waals surface area contributed by atoms with E-state index in [9.17, 15) is 4.79 Å². The standard InChI is InChI=1S/C26H27NO4/c1-26(2,3)23-12-6-20(7-13-23)17-30-24-14-10-22(11-15-24)21-8-4-19(5-9-21)16-27-31-18-25(28)29/h4-16H,17-18H2,1-3H3,(H,28,29). The fourth-order valence-electron chi connectivity index (χ4n) is 2.96. The molecular formula is C26H27NO4. The van der Waals surface area contributed by atoms with Gasteiger partial charge in [-0.1, -0.05) is 86.6 Å².